The third kappa shape index (κ3) is 6.11. The fourth-order valence-electron chi connectivity index (χ4n) is 4.33. The van der Waals surface area contributed by atoms with Gasteiger partial charge in [0.25, 0.3) is 0 Å². The van der Waals surface area contributed by atoms with Gasteiger partial charge in [0.1, 0.15) is 0 Å². The van der Waals surface area contributed by atoms with E-state index in [2.05, 4.69) is 20.5 Å². The molecule has 29 heavy (non-hydrogen) atoms. The molecule has 1 aliphatic carbocycles. The first-order valence-electron chi connectivity index (χ1n) is 10.2. The summed E-state index contributed by atoms with van der Waals surface area (Å²) in [5, 5.41) is 6.95. The van der Waals surface area contributed by atoms with Gasteiger partial charge in [0.15, 0.2) is 17.5 Å². The monoisotopic (exact) mass is 518 g/mol. The first kappa shape index (κ1) is 24.0. The Balaban J connectivity index is 0.00000300. The number of ether oxygens (including phenoxy) is 3. The van der Waals surface area contributed by atoms with Crippen LogP contribution in [0.5, 0.6) is 11.5 Å². The fourth-order valence-corrected chi connectivity index (χ4v) is 4.33. The second-order valence-corrected chi connectivity index (χ2v) is 7.50. The standard InChI is InChI=1S/C21H34N4O3.HI/c1-22-20(24-17-7-8-18(26-2)19(15-17)27-3)23-16-21(9-5-4-6-10-21)25-11-13-28-14-12-25;/h7-8,15H,4-6,9-14,16H2,1-3H3,(H2,22,23,24);1H. The van der Waals surface area contributed by atoms with E-state index in [1.165, 1.54) is 32.1 Å². The van der Waals surface area contributed by atoms with E-state index in [0.717, 1.165) is 44.5 Å². The average Bonchev–Trinajstić information content (AvgIpc) is 2.77. The smallest absolute Gasteiger partial charge is 0.195 e. The number of benzene rings is 1. The molecule has 0 amide bonds. The zero-order valence-electron chi connectivity index (χ0n) is 17.8. The van der Waals surface area contributed by atoms with Crippen LogP contribution in [0.4, 0.5) is 5.69 Å². The maximum atomic E-state index is 5.58. The molecule has 2 fully saturated rings. The number of nitrogens with zero attached hydrogens (tertiary/aromatic N) is 2. The van der Waals surface area contributed by atoms with Crippen molar-refractivity contribution in [3.8, 4) is 11.5 Å². The van der Waals surface area contributed by atoms with Crippen LogP contribution in [-0.4, -0.2) is 70.5 Å². The molecule has 0 spiro atoms. The summed E-state index contributed by atoms with van der Waals surface area (Å²) in [5.74, 6) is 2.18. The van der Waals surface area contributed by atoms with Gasteiger partial charge < -0.3 is 24.8 Å². The van der Waals surface area contributed by atoms with Gasteiger partial charge in [-0.2, -0.15) is 0 Å². The second-order valence-electron chi connectivity index (χ2n) is 7.50. The lowest BCUT2D eigenvalue weighted by atomic mass is 9.80. The Morgan fingerprint density at radius 1 is 1.10 bits per heavy atom. The molecule has 8 heteroatoms. The Morgan fingerprint density at radius 2 is 1.79 bits per heavy atom. The van der Waals surface area contributed by atoms with Crippen LogP contribution in [0.25, 0.3) is 0 Å². The molecule has 3 rings (SSSR count). The zero-order valence-corrected chi connectivity index (χ0v) is 20.2. The first-order chi connectivity index (χ1) is 13.7. The van der Waals surface area contributed by atoms with Crippen LogP contribution in [0.1, 0.15) is 32.1 Å². The van der Waals surface area contributed by atoms with Gasteiger partial charge in [0, 0.05) is 44.0 Å². The number of nitrogens with one attached hydrogen (secondary N) is 2. The van der Waals surface area contributed by atoms with E-state index in [1.807, 2.05) is 18.2 Å². The van der Waals surface area contributed by atoms with Crippen molar-refractivity contribution in [3.05, 3.63) is 18.2 Å². The van der Waals surface area contributed by atoms with Crippen LogP contribution >= 0.6 is 24.0 Å². The van der Waals surface area contributed by atoms with E-state index in [9.17, 15) is 0 Å². The van der Waals surface area contributed by atoms with Gasteiger partial charge in [0.05, 0.1) is 27.4 Å². The van der Waals surface area contributed by atoms with E-state index in [4.69, 9.17) is 14.2 Å². The highest BCUT2D eigenvalue weighted by molar-refractivity contribution is 14.0. The maximum absolute atomic E-state index is 5.58. The molecule has 7 nitrogen and oxygen atoms in total. The van der Waals surface area contributed by atoms with E-state index in [1.54, 1.807) is 21.3 Å². The van der Waals surface area contributed by atoms with Crippen LogP contribution in [0.2, 0.25) is 0 Å². The third-order valence-corrected chi connectivity index (χ3v) is 5.92. The van der Waals surface area contributed by atoms with E-state index >= 15 is 0 Å². The summed E-state index contributed by atoms with van der Waals surface area (Å²) in [6.45, 7) is 4.59. The zero-order chi connectivity index (χ0) is 19.8. The van der Waals surface area contributed by atoms with Crippen molar-refractivity contribution in [2.24, 2.45) is 4.99 Å². The highest BCUT2D eigenvalue weighted by Crippen LogP contribution is 2.34. The fraction of sp³-hybridized carbons (Fsp3) is 0.667. The largest absolute Gasteiger partial charge is 0.493 e. The molecule has 0 atom stereocenters. The predicted octanol–water partition coefficient (Wildman–Crippen LogP) is 3.34. The Bertz CT molecular complexity index is 659. The lowest BCUT2D eigenvalue weighted by Gasteiger charge is -2.48. The number of aliphatic imine (C=N–C) groups is 1. The number of hydrogen-bond acceptors (Lipinski definition) is 5. The summed E-state index contributed by atoms with van der Waals surface area (Å²) in [4.78, 5) is 7.05. The van der Waals surface area contributed by atoms with Crippen LogP contribution in [0.15, 0.2) is 23.2 Å². The molecular weight excluding hydrogens is 483 g/mol. The summed E-state index contributed by atoms with van der Waals surface area (Å²) in [7, 11) is 5.09. The van der Waals surface area contributed by atoms with E-state index < -0.39 is 0 Å². The quantitative estimate of drug-likeness (QED) is 0.342. The van der Waals surface area contributed by atoms with Crippen molar-refractivity contribution < 1.29 is 14.2 Å². The molecular formula is C21H35IN4O3. The predicted molar refractivity (Wildman–Crippen MR) is 128 cm³/mol. The Kier molecular flexibility index (Phi) is 9.78. The number of rotatable bonds is 6. The molecule has 164 valence electrons. The van der Waals surface area contributed by atoms with Gasteiger partial charge in [-0.05, 0) is 25.0 Å². The van der Waals surface area contributed by atoms with Crippen molar-refractivity contribution in [2.75, 3.05) is 59.4 Å². The first-order valence-corrected chi connectivity index (χ1v) is 10.2. The second kappa shape index (κ2) is 11.8. The van der Waals surface area contributed by atoms with Crippen molar-refractivity contribution in [1.29, 1.82) is 0 Å². The number of methoxy groups -OCH3 is 2. The highest BCUT2D eigenvalue weighted by atomic mass is 127. The molecule has 1 saturated heterocycles. The van der Waals surface area contributed by atoms with Crippen LogP contribution < -0.4 is 20.1 Å². The lowest BCUT2D eigenvalue weighted by molar-refractivity contribution is -0.0352. The van der Waals surface area contributed by atoms with Crippen LogP contribution in [0, 0.1) is 0 Å². The molecule has 1 heterocycles. The van der Waals surface area contributed by atoms with E-state index in [0.29, 0.717) is 11.5 Å². The van der Waals surface area contributed by atoms with Gasteiger partial charge in [-0.15, -0.1) is 24.0 Å². The maximum Gasteiger partial charge on any atom is 0.195 e. The normalized spacial score (nSPS) is 19.8. The van der Waals surface area contributed by atoms with Crippen molar-refractivity contribution in [2.45, 2.75) is 37.6 Å². The van der Waals surface area contributed by atoms with Gasteiger partial charge in [-0.3, -0.25) is 9.89 Å². The van der Waals surface area contributed by atoms with Gasteiger partial charge in [0.2, 0.25) is 0 Å². The molecule has 2 N–H and O–H groups in total. The number of hydrogen-bond donors (Lipinski definition) is 2. The SMILES string of the molecule is CN=C(NCC1(N2CCOCC2)CCCCC1)Nc1ccc(OC)c(OC)c1.I. The molecule has 0 aromatic heterocycles. The lowest BCUT2D eigenvalue weighted by Crippen LogP contribution is -2.60. The van der Waals surface area contributed by atoms with Gasteiger partial charge >= 0.3 is 0 Å². The average molecular weight is 518 g/mol. The molecule has 0 radical (unpaired) electrons. The molecule has 0 bridgehead atoms. The van der Waals surface area contributed by atoms with Crippen molar-refractivity contribution in [1.82, 2.24) is 10.2 Å². The Labute approximate surface area is 191 Å². The topological polar surface area (TPSA) is 67.4 Å². The number of morpholine rings is 1. The minimum atomic E-state index is 0. The molecule has 2 aliphatic rings. The minimum Gasteiger partial charge on any atom is -0.493 e. The highest BCUT2D eigenvalue weighted by Gasteiger charge is 2.38. The van der Waals surface area contributed by atoms with Gasteiger partial charge in [-0.25, -0.2) is 0 Å². The summed E-state index contributed by atoms with van der Waals surface area (Å²) in [6, 6.07) is 5.78. The molecule has 1 saturated carbocycles. The number of guanidine groups is 1. The van der Waals surface area contributed by atoms with Crippen molar-refractivity contribution >= 4 is 35.6 Å². The molecule has 1 aromatic carbocycles. The molecule has 0 unspecified atom stereocenters. The summed E-state index contributed by atoms with van der Waals surface area (Å²) >= 11 is 0. The van der Waals surface area contributed by atoms with Crippen LogP contribution in [0.3, 0.4) is 0 Å². The van der Waals surface area contributed by atoms with Crippen LogP contribution in [-0.2, 0) is 4.74 Å². The number of halogens is 1. The third-order valence-electron chi connectivity index (χ3n) is 5.92. The number of anilines is 1. The molecule has 1 aromatic rings. The molecule has 1 aliphatic heterocycles. The summed E-state index contributed by atoms with van der Waals surface area (Å²) < 4.78 is 16.3. The Morgan fingerprint density at radius 3 is 2.41 bits per heavy atom. The van der Waals surface area contributed by atoms with Gasteiger partial charge in [-0.1, -0.05) is 19.3 Å². The minimum absolute atomic E-state index is 0. The van der Waals surface area contributed by atoms with E-state index in [-0.39, 0.29) is 29.5 Å². The summed E-state index contributed by atoms with van der Waals surface area (Å²) in [5.41, 5.74) is 1.10. The Hall–Kier alpha value is -1.26. The van der Waals surface area contributed by atoms with Crippen molar-refractivity contribution in [3.63, 3.8) is 0 Å². The summed E-state index contributed by atoms with van der Waals surface area (Å²) in [6.07, 6.45) is 6.38.